The zero-order valence-electron chi connectivity index (χ0n) is 19.8. The number of para-hydroxylation sites is 1. The van der Waals surface area contributed by atoms with E-state index in [-0.39, 0.29) is 0 Å². The van der Waals surface area contributed by atoms with Crippen molar-refractivity contribution in [3.05, 3.63) is 121 Å². The first-order chi connectivity index (χ1) is 18.3. The third kappa shape index (κ3) is 3.06. The van der Waals surface area contributed by atoms with Crippen LogP contribution in [0.5, 0.6) is 0 Å². The average molecular weight is 473 g/mol. The van der Waals surface area contributed by atoms with Crippen LogP contribution >= 0.6 is 0 Å². The largest absolute Gasteiger partial charge is 0.292 e. The number of aromatic nitrogens is 4. The van der Waals surface area contributed by atoms with Crippen molar-refractivity contribution >= 4 is 54.4 Å². The van der Waals surface area contributed by atoms with Gasteiger partial charge in [0.05, 0.1) is 16.6 Å². The van der Waals surface area contributed by atoms with E-state index >= 15 is 0 Å². The van der Waals surface area contributed by atoms with E-state index in [9.17, 15) is 0 Å². The van der Waals surface area contributed by atoms with Crippen molar-refractivity contribution in [2.24, 2.45) is 0 Å². The van der Waals surface area contributed by atoms with Gasteiger partial charge in [-0.25, -0.2) is 9.97 Å². The van der Waals surface area contributed by atoms with Gasteiger partial charge in [-0.05, 0) is 57.9 Å². The smallest absolute Gasteiger partial charge is 0.168 e. The van der Waals surface area contributed by atoms with Gasteiger partial charge in [0.2, 0.25) is 0 Å². The maximum absolute atomic E-state index is 5.19. The molecule has 4 heteroatoms. The molecular weight excluding hydrogens is 452 g/mol. The van der Waals surface area contributed by atoms with Crippen LogP contribution in [0.15, 0.2) is 121 Å². The van der Waals surface area contributed by atoms with E-state index in [1.165, 1.54) is 32.3 Å². The molecule has 0 aliphatic rings. The molecule has 0 saturated carbocycles. The lowest BCUT2D eigenvalue weighted by Crippen LogP contribution is -2.03. The lowest BCUT2D eigenvalue weighted by Gasteiger charge is -2.12. The van der Waals surface area contributed by atoms with Crippen molar-refractivity contribution in [3.63, 3.8) is 0 Å². The van der Waals surface area contributed by atoms with Crippen LogP contribution in [0.25, 0.3) is 71.6 Å². The molecule has 0 saturated heterocycles. The Morgan fingerprint density at radius 1 is 0.514 bits per heavy atom. The Morgan fingerprint density at radius 3 is 2.11 bits per heavy atom. The summed E-state index contributed by atoms with van der Waals surface area (Å²) >= 11 is 0. The van der Waals surface area contributed by atoms with Crippen molar-refractivity contribution in [1.29, 1.82) is 0 Å². The van der Waals surface area contributed by atoms with E-state index in [4.69, 9.17) is 15.0 Å². The van der Waals surface area contributed by atoms with Crippen LogP contribution in [0.4, 0.5) is 0 Å². The van der Waals surface area contributed by atoms with E-state index in [1.807, 2.05) is 18.3 Å². The van der Waals surface area contributed by atoms with Crippen LogP contribution in [0.2, 0.25) is 0 Å². The predicted octanol–water partition coefficient (Wildman–Crippen LogP) is 8.10. The van der Waals surface area contributed by atoms with E-state index < -0.39 is 0 Å². The second-order valence-corrected chi connectivity index (χ2v) is 9.37. The molecule has 0 unspecified atom stereocenters. The van der Waals surface area contributed by atoms with Gasteiger partial charge in [-0.15, -0.1) is 0 Å². The Bertz CT molecular complexity index is 2160. The van der Waals surface area contributed by atoms with Crippen LogP contribution in [-0.2, 0) is 0 Å². The molecule has 0 bridgehead atoms. The van der Waals surface area contributed by atoms with Crippen molar-refractivity contribution < 1.29 is 0 Å². The number of rotatable bonds is 2. The Kier molecular flexibility index (Phi) is 4.19. The van der Waals surface area contributed by atoms with Crippen molar-refractivity contribution in [2.45, 2.75) is 0 Å². The van der Waals surface area contributed by atoms with E-state index in [2.05, 4.69) is 108 Å². The van der Waals surface area contributed by atoms with Crippen LogP contribution in [0.3, 0.4) is 0 Å². The molecule has 37 heavy (non-hydrogen) atoms. The molecule has 0 aliphatic heterocycles. The molecule has 0 atom stereocenters. The highest BCUT2D eigenvalue weighted by Crippen LogP contribution is 2.36. The monoisotopic (exact) mass is 472 g/mol. The summed E-state index contributed by atoms with van der Waals surface area (Å²) < 4.78 is 2.25. The van der Waals surface area contributed by atoms with Crippen LogP contribution in [0, 0.1) is 0 Å². The number of hydrogen-bond acceptors (Lipinski definition) is 3. The summed E-state index contributed by atoms with van der Waals surface area (Å²) in [6.45, 7) is 0. The molecule has 0 fully saturated rings. The number of pyridine rings is 1. The Hall–Kier alpha value is -5.09. The lowest BCUT2D eigenvalue weighted by atomic mass is 10.1. The normalized spacial score (nSPS) is 11.8. The maximum Gasteiger partial charge on any atom is 0.168 e. The molecule has 3 heterocycles. The molecule has 5 aromatic carbocycles. The standard InChI is InChI=1S/C33H20N4/c1-2-9-22-18-25(16-15-21(22)8-1)32-35-28-13-7-17-34-31(28)33(36-32)37-29-14-6-5-12-26(29)27-19-23-10-3-4-11-24(23)20-30(27)37/h1-20H. The van der Waals surface area contributed by atoms with Gasteiger partial charge in [-0.1, -0.05) is 78.9 Å². The average Bonchev–Trinajstić information content (AvgIpc) is 3.28. The molecule has 0 amide bonds. The van der Waals surface area contributed by atoms with Gasteiger partial charge in [-0.3, -0.25) is 9.55 Å². The summed E-state index contributed by atoms with van der Waals surface area (Å²) in [6.07, 6.45) is 1.81. The number of nitrogens with zero attached hydrogens (tertiary/aromatic N) is 4. The fourth-order valence-electron chi connectivity index (χ4n) is 5.45. The first-order valence-corrected chi connectivity index (χ1v) is 12.4. The summed E-state index contributed by atoms with van der Waals surface area (Å²) in [7, 11) is 0. The zero-order valence-corrected chi connectivity index (χ0v) is 19.8. The summed E-state index contributed by atoms with van der Waals surface area (Å²) in [5.41, 5.74) is 4.79. The molecule has 0 aliphatic carbocycles. The van der Waals surface area contributed by atoms with E-state index in [0.29, 0.717) is 5.82 Å². The van der Waals surface area contributed by atoms with Gasteiger partial charge in [0.15, 0.2) is 11.6 Å². The zero-order chi connectivity index (χ0) is 24.3. The minimum absolute atomic E-state index is 0.688. The second-order valence-electron chi connectivity index (χ2n) is 9.37. The molecule has 0 N–H and O–H groups in total. The summed E-state index contributed by atoms with van der Waals surface area (Å²) in [6, 6.07) is 40.3. The summed E-state index contributed by atoms with van der Waals surface area (Å²) in [4.78, 5) is 14.9. The van der Waals surface area contributed by atoms with E-state index in [1.54, 1.807) is 0 Å². The first-order valence-electron chi connectivity index (χ1n) is 12.4. The van der Waals surface area contributed by atoms with E-state index in [0.717, 1.165) is 33.4 Å². The summed E-state index contributed by atoms with van der Waals surface area (Å²) in [5, 5.41) is 7.17. The fourth-order valence-corrected chi connectivity index (χ4v) is 5.45. The Labute approximate surface area is 212 Å². The molecular formula is C33H20N4. The molecule has 8 rings (SSSR count). The van der Waals surface area contributed by atoms with Crippen LogP contribution in [-0.4, -0.2) is 19.5 Å². The molecule has 3 aromatic heterocycles. The SMILES string of the molecule is c1ccc2cc(-c3nc(-n4c5ccccc5c5cc6ccccc6cc54)c4ncccc4n3)ccc2c1. The molecule has 0 radical (unpaired) electrons. The highest BCUT2D eigenvalue weighted by Gasteiger charge is 2.18. The van der Waals surface area contributed by atoms with Gasteiger partial charge in [0.1, 0.15) is 5.52 Å². The van der Waals surface area contributed by atoms with Gasteiger partial charge < -0.3 is 0 Å². The molecule has 0 spiro atoms. The minimum Gasteiger partial charge on any atom is -0.292 e. The number of benzene rings is 5. The highest BCUT2D eigenvalue weighted by molar-refractivity contribution is 6.14. The molecule has 4 nitrogen and oxygen atoms in total. The topological polar surface area (TPSA) is 43.6 Å². The third-order valence-corrected chi connectivity index (χ3v) is 7.20. The Morgan fingerprint density at radius 2 is 1.24 bits per heavy atom. The number of hydrogen-bond donors (Lipinski definition) is 0. The highest BCUT2D eigenvalue weighted by atomic mass is 15.1. The maximum atomic E-state index is 5.19. The van der Waals surface area contributed by atoms with Gasteiger partial charge >= 0.3 is 0 Å². The number of fused-ring (bicyclic) bond motifs is 6. The van der Waals surface area contributed by atoms with Crippen molar-refractivity contribution in [3.8, 4) is 17.2 Å². The molecule has 172 valence electrons. The predicted molar refractivity (Wildman–Crippen MR) is 152 cm³/mol. The van der Waals surface area contributed by atoms with Crippen molar-refractivity contribution in [1.82, 2.24) is 19.5 Å². The van der Waals surface area contributed by atoms with Gasteiger partial charge in [0.25, 0.3) is 0 Å². The van der Waals surface area contributed by atoms with Crippen LogP contribution in [0.1, 0.15) is 0 Å². The molecule has 8 aromatic rings. The Balaban J connectivity index is 1.49. The first kappa shape index (κ1) is 20.1. The van der Waals surface area contributed by atoms with Gasteiger partial charge in [-0.2, -0.15) is 0 Å². The lowest BCUT2D eigenvalue weighted by molar-refractivity contribution is 1.06. The van der Waals surface area contributed by atoms with Gasteiger partial charge in [0, 0.05) is 22.5 Å². The van der Waals surface area contributed by atoms with Crippen molar-refractivity contribution in [2.75, 3.05) is 0 Å². The quantitative estimate of drug-likeness (QED) is 0.255. The van der Waals surface area contributed by atoms with Crippen LogP contribution < -0.4 is 0 Å². The minimum atomic E-state index is 0.688. The fraction of sp³-hybridized carbons (Fsp3) is 0. The second kappa shape index (κ2) is 7.70. The third-order valence-electron chi connectivity index (χ3n) is 7.20. The summed E-state index contributed by atoms with van der Waals surface area (Å²) in [5.74, 6) is 1.48.